The fourth-order valence-corrected chi connectivity index (χ4v) is 6.52. The Morgan fingerprint density at radius 2 is 1.81 bits per heavy atom. The number of amides is 1. The Hall–Kier alpha value is -1.58. The summed E-state index contributed by atoms with van der Waals surface area (Å²) in [6, 6.07) is 0. The number of thioether (sulfide) groups is 1. The number of hydrogen-bond donors (Lipinski definition) is 1. The number of rotatable bonds is 14. The molecule has 9 heteroatoms. The van der Waals surface area contributed by atoms with Crippen LogP contribution in [0.5, 0.6) is 0 Å². The lowest BCUT2D eigenvalue weighted by atomic mass is 10.1. The van der Waals surface area contributed by atoms with Crippen LogP contribution in [0.3, 0.4) is 0 Å². The van der Waals surface area contributed by atoms with E-state index in [-0.39, 0.29) is 6.42 Å². The van der Waals surface area contributed by atoms with Gasteiger partial charge in [-0.2, -0.15) is 0 Å². The molecule has 1 aromatic rings. The summed E-state index contributed by atoms with van der Waals surface area (Å²) in [6.07, 6.45) is 13.2. The smallest absolute Gasteiger partial charge is 0.235 e. The molecule has 0 aliphatic heterocycles. The first-order valence-corrected chi connectivity index (χ1v) is 14.0. The molecule has 0 aliphatic carbocycles. The van der Waals surface area contributed by atoms with E-state index in [4.69, 9.17) is 5.73 Å². The van der Waals surface area contributed by atoms with Crippen LogP contribution >= 0.6 is 23.1 Å². The number of nitrogens with zero attached hydrogens (tertiary/aromatic N) is 2. The number of allylic oxidation sites excluding steroid dienone is 5. The highest BCUT2D eigenvalue weighted by atomic mass is 32.2. The van der Waals surface area contributed by atoms with E-state index in [1.165, 1.54) is 44.8 Å². The molecule has 0 bridgehead atoms. The Kier molecular flexibility index (Phi) is 12.2. The van der Waals surface area contributed by atoms with Crippen LogP contribution in [0.25, 0.3) is 0 Å². The van der Waals surface area contributed by atoms with E-state index in [0.717, 1.165) is 31.3 Å². The minimum atomic E-state index is -3.55. The summed E-state index contributed by atoms with van der Waals surface area (Å²) < 4.78 is 26.4. The van der Waals surface area contributed by atoms with E-state index in [0.29, 0.717) is 10.9 Å². The molecule has 174 valence electrons. The molecule has 0 aliphatic rings. The highest BCUT2D eigenvalue weighted by molar-refractivity contribution is 8.01. The number of primary amides is 1. The maximum atomic E-state index is 12.5. The van der Waals surface area contributed by atoms with Crippen molar-refractivity contribution in [1.82, 2.24) is 4.98 Å². The predicted molar refractivity (Wildman–Crippen MR) is 135 cm³/mol. The number of carbonyl (C=O) groups is 1. The molecule has 1 aromatic heterocycles. The minimum absolute atomic E-state index is 0.192. The average molecular weight is 486 g/mol. The fourth-order valence-electron chi connectivity index (χ4n) is 2.79. The number of nitrogens with two attached hydrogens (primary N) is 1. The van der Waals surface area contributed by atoms with Crippen molar-refractivity contribution in [1.29, 1.82) is 0 Å². The summed E-state index contributed by atoms with van der Waals surface area (Å²) in [5, 5.41) is 1.68. The standard InChI is InChI=1S/C22H35N3O3S3/c1-17(2)8-6-9-18(3)10-7-11-19(4)16-21(29-14-12-20(23)26)25(31(5,27)28)22-24-13-15-30-22/h8,10,13,15-16,21H,6-7,9,11-12,14H2,1-5H3,(H2,23,26)/b18-10+,19-16+. The van der Waals surface area contributed by atoms with Crippen molar-refractivity contribution in [2.75, 3.05) is 16.3 Å². The summed E-state index contributed by atoms with van der Waals surface area (Å²) >= 11 is 2.65. The van der Waals surface area contributed by atoms with Gasteiger partial charge in [-0.15, -0.1) is 23.1 Å². The van der Waals surface area contributed by atoms with Gasteiger partial charge in [-0.25, -0.2) is 17.7 Å². The van der Waals surface area contributed by atoms with Gasteiger partial charge in [-0.05, 0) is 53.4 Å². The maximum Gasteiger partial charge on any atom is 0.235 e. The molecule has 0 radical (unpaired) electrons. The van der Waals surface area contributed by atoms with Gasteiger partial charge >= 0.3 is 0 Å². The van der Waals surface area contributed by atoms with Crippen LogP contribution in [0.15, 0.2) is 46.5 Å². The molecule has 1 atom stereocenters. The van der Waals surface area contributed by atoms with E-state index in [1.807, 2.05) is 13.0 Å². The number of hydrogen-bond acceptors (Lipinski definition) is 6. The van der Waals surface area contributed by atoms with E-state index in [2.05, 4.69) is 37.9 Å². The molecule has 31 heavy (non-hydrogen) atoms. The van der Waals surface area contributed by atoms with Gasteiger partial charge in [0.15, 0.2) is 5.13 Å². The number of sulfonamides is 1. The van der Waals surface area contributed by atoms with Crippen LogP contribution in [0.4, 0.5) is 5.13 Å². The van der Waals surface area contributed by atoms with Crippen LogP contribution in [-0.2, 0) is 14.8 Å². The summed E-state index contributed by atoms with van der Waals surface area (Å²) in [5.74, 6) is 0.0331. The number of aromatic nitrogens is 1. The van der Waals surface area contributed by atoms with Crippen LogP contribution in [0.2, 0.25) is 0 Å². The average Bonchev–Trinajstić information content (AvgIpc) is 3.13. The molecule has 0 saturated heterocycles. The van der Waals surface area contributed by atoms with E-state index < -0.39 is 21.3 Å². The highest BCUT2D eigenvalue weighted by Gasteiger charge is 2.28. The summed E-state index contributed by atoms with van der Waals surface area (Å²) in [4.78, 5) is 15.4. The second-order valence-electron chi connectivity index (χ2n) is 7.77. The largest absolute Gasteiger partial charge is 0.370 e. The molecule has 1 amide bonds. The monoisotopic (exact) mass is 485 g/mol. The van der Waals surface area contributed by atoms with Gasteiger partial charge in [0.1, 0.15) is 5.37 Å². The second-order valence-corrected chi connectivity index (χ2v) is 11.7. The van der Waals surface area contributed by atoms with Crippen molar-refractivity contribution in [3.8, 4) is 0 Å². The predicted octanol–water partition coefficient (Wildman–Crippen LogP) is 5.26. The first-order chi connectivity index (χ1) is 14.5. The Balaban J connectivity index is 2.93. The SMILES string of the molecule is CC(C)=CCC/C(C)=C/CC/C(C)=C/C(SCCC(N)=O)N(c1nccs1)S(C)(=O)=O. The van der Waals surface area contributed by atoms with Crippen LogP contribution in [0.1, 0.15) is 59.8 Å². The molecule has 1 unspecified atom stereocenters. The third-order valence-electron chi connectivity index (χ3n) is 4.38. The molecule has 0 spiro atoms. The molecule has 2 N–H and O–H groups in total. The van der Waals surface area contributed by atoms with Crippen molar-refractivity contribution in [3.63, 3.8) is 0 Å². The summed E-state index contributed by atoms with van der Waals surface area (Å²) in [6.45, 7) is 8.37. The fraction of sp³-hybridized carbons (Fsp3) is 0.545. The minimum Gasteiger partial charge on any atom is -0.370 e. The topological polar surface area (TPSA) is 93.4 Å². The zero-order valence-electron chi connectivity index (χ0n) is 19.1. The highest BCUT2D eigenvalue weighted by Crippen LogP contribution is 2.30. The van der Waals surface area contributed by atoms with Gasteiger partial charge in [0.2, 0.25) is 15.9 Å². The van der Waals surface area contributed by atoms with Gasteiger partial charge < -0.3 is 5.73 Å². The quantitative estimate of drug-likeness (QED) is 0.286. The van der Waals surface area contributed by atoms with Gasteiger partial charge in [0.05, 0.1) is 6.26 Å². The molecule has 6 nitrogen and oxygen atoms in total. The van der Waals surface area contributed by atoms with Crippen molar-refractivity contribution in [2.45, 2.75) is 65.2 Å². The third-order valence-corrected chi connectivity index (χ3v) is 7.65. The lowest BCUT2D eigenvalue weighted by Crippen LogP contribution is -2.37. The van der Waals surface area contributed by atoms with Gasteiger partial charge in [-0.3, -0.25) is 4.79 Å². The second kappa shape index (κ2) is 13.8. The summed E-state index contributed by atoms with van der Waals surface area (Å²) in [7, 11) is -3.55. The van der Waals surface area contributed by atoms with Crippen LogP contribution in [0, 0.1) is 0 Å². The Labute approximate surface area is 195 Å². The third kappa shape index (κ3) is 11.6. The summed E-state index contributed by atoms with van der Waals surface area (Å²) in [5.41, 5.74) is 9.05. The van der Waals surface area contributed by atoms with Crippen molar-refractivity contribution >= 4 is 44.2 Å². The van der Waals surface area contributed by atoms with Crippen LogP contribution < -0.4 is 10.0 Å². The molecular formula is C22H35N3O3S3. The van der Waals surface area contributed by atoms with Crippen LogP contribution in [-0.4, -0.2) is 36.7 Å². The Morgan fingerprint density at radius 3 is 2.35 bits per heavy atom. The van der Waals surface area contributed by atoms with Crippen molar-refractivity contribution in [2.24, 2.45) is 5.73 Å². The first-order valence-electron chi connectivity index (χ1n) is 10.3. The molecule has 1 rings (SSSR count). The number of thiazole rings is 1. The molecule has 1 heterocycles. The Morgan fingerprint density at radius 1 is 1.16 bits per heavy atom. The zero-order chi connectivity index (χ0) is 23.4. The van der Waals surface area contributed by atoms with Crippen molar-refractivity contribution < 1.29 is 13.2 Å². The maximum absolute atomic E-state index is 12.5. The van der Waals surface area contributed by atoms with Gasteiger partial charge in [0.25, 0.3) is 0 Å². The van der Waals surface area contributed by atoms with E-state index in [1.54, 1.807) is 11.6 Å². The Bertz CT molecular complexity index is 884. The van der Waals surface area contributed by atoms with Crippen molar-refractivity contribution in [3.05, 3.63) is 46.5 Å². The first kappa shape index (κ1) is 27.5. The lowest BCUT2D eigenvalue weighted by Gasteiger charge is -2.27. The lowest BCUT2D eigenvalue weighted by molar-refractivity contribution is -0.117. The van der Waals surface area contributed by atoms with Gasteiger partial charge in [0, 0.05) is 23.8 Å². The molecule has 0 aromatic carbocycles. The molecule has 0 saturated carbocycles. The zero-order valence-corrected chi connectivity index (χ0v) is 21.6. The number of carbonyl (C=O) groups excluding carboxylic acids is 1. The van der Waals surface area contributed by atoms with E-state index in [9.17, 15) is 13.2 Å². The molecular weight excluding hydrogens is 450 g/mol. The van der Waals surface area contributed by atoms with Gasteiger partial charge in [-0.1, -0.05) is 34.9 Å². The van der Waals surface area contributed by atoms with E-state index >= 15 is 0 Å². The normalized spacial score (nSPS) is 13.7. The number of anilines is 1. The molecule has 0 fully saturated rings.